The first kappa shape index (κ1) is 20.3. The van der Waals surface area contributed by atoms with Crippen molar-refractivity contribution in [3.05, 3.63) is 23.3 Å². The van der Waals surface area contributed by atoms with Crippen molar-refractivity contribution in [2.75, 3.05) is 19.8 Å². The Hall–Kier alpha value is -1.71. The molecule has 0 radical (unpaired) electrons. The number of carbonyl (C=O) groups is 1. The van der Waals surface area contributed by atoms with Crippen LogP contribution in [-0.2, 0) is 4.74 Å². The van der Waals surface area contributed by atoms with Gasteiger partial charge in [-0.15, -0.1) is 0 Å². The molecule has 0 spiro atoms. The lowest BCUT2D eigenvalue weighted by molar-refractivity contribution is 0.0498. The first-order valence-electron chi connectivity index (χ1n) is 9.21. The highest BCUT2D eigenvalue weighted by molar-refractivity contribution is 5.92. The Morgan fingerprint density at radius 1 is 0.875 bits per heavy atom. The lowest BCUT2D eigenvalue weighted by atomic mass is 10.1. The molecule has 4 heteroatoms. The van der Waals surface area contributed by atoms with Crippen molar-refractivity contribution in [2.24, 2.45) is 0 Å². The summed E-state index contributed by atoms with van der Waals surface area (Å²) >= 11 is 0. The van der Waals surface area contributed by atoms with Gasteiger partial charge in [0.05, 0.1) is 25.4 Å². The normalized spacial score (nSPS) is 10.5. The smallest absolute Gasteiger partial charge is 0.338 e. The maximum Gasteiger partial charge on any atom is 0.338 e. The summed E-state index contributed by atoms with van der Waals surface area (Å²) < 4.78 is 17.1. The first-order valence-corrected chi connectivity index (χ1v) is 9.21. The fourth-order valence-electron chi connectivity index (χ4n) is 2.21. The number of rotatable bonds is 12. The van der Waals surface area contributed by atoms with E-state index in [0.29, 0.717) is 36.9 Å². The summed E-state index contributed by atoms with van der Waals surface area (Å²) in [7, 11) is 0. The Morgan fingerprint density at radius 2 is 1.46 bits per heavy atom. The number of ether oxygens (including phenoxy) is 3. The highest BCUT2D eigenvalue weighted by Crippen LogP contribution is 2.34. The molecule has 136 valence electrons. The molecule has 24 heavy (non-hydrogen) atoms. The van der Waals surface area contributed by atoms with Gasteiger partial charge >= 0.3 is 5.97 Å². The number of hydrogen-bond acceptors (Lipinski definition) is 4. The molecular weight excluding hydrogens is 304 g/mol. The zero-order valence-electron chi connectivity index (χ0n) is 15.7. The van der Waals surface area contributed by atoms with Crippen LogP contribution in [0.1, 0.15) is 75.2 Å². The SMILES string of the molecule is CCCCOC(=O)c1ccc(OCCCC)c(OCCCC)c1C. The van der Waals surface area contributed by atoms with Crippen LogP contribution in [0, 0.1) is 6.92 Å². The molecule has 0 unspecified atom stereocenters. The molecule has 0 N–H and O–H groups in total. The molecule has 0 atom stereocenters. The molecule has 0 heterocycles. The molecule has 0 saturated heterocycles. The van der Waals surface area contributed by atoms with Crippen molar-refractivity contribution in [3.63, 3.8) is 0 Å². The van der Waals surface area contributed by atoms with Gasteiger partial charge < -0.3 is 14.2 Å². The zero-order valence-corrected chi connectivity index (χ0v) is 15.7. The first-order chi connectivity index (χ1) is 11.7. The van der Waals surface area contributed by atoms with E-state index < -0.39 is 0 Å². The molecule has 4 nitrogen and oxygen atoms in total. The summed E-state index contributed by atoms with van der Waals surface area (Å²) in [5, 5.41) is 0. The van der Waals surface area contributed by atoms with Gasteiger partial charge in [-0.25, -0.2) is 4.79 Å². The van der Waals surface area contributed by atoms with Gasteiger partial charge in [0.15, 0.2) is 11.5 Å². The van der Waals surface area contributed by atoms with Crippen LogP contribution in [0.15, 0.2) is 12.1 Å². The second-order valence-electron chi connectivity index (χ2n) is 5.96. The maximum atomic E-state index is 12.3. The van der Waals surface area contributed by atoms with Crippen molar-refractivity contribution >= 4 is 5.97 Å². The molecule has 0 saturated carbocycles. The predicted molar refractivity (Wildman–Crippen MR) is 97.2 cm³/mol. The van der Waals surface area contributed by atoms with E-state index in [-0.39, 0.29) is 5.97 Å². The van der Waals surface area contributed by atoms with E-state index in [1.807, 2.05) is 13.0 Å². The maximum absolute atomic E-state index is 12.3. The molecule has 1 aromatic carbocycles. The Kier molecular flexibility index (Phi) is 9.97. The number of hydrogen-bond donors (Lipinski definition) is 0. The third kappa shape index (κ3) is 6.42. The fraction of sp³-hybridized carbons (Fsp3) is 0.650. The topological polar surface area (TPSA) is 44.8 Å². The van der Waals surface area contributed by atoms with Crippen LogP contribution in [0.2, 0.25) is 0 Å². The highest BCUT2D eigenvalue weighted by atomic mass is 16.5. The van der Waals surface area contributed by atoms with E-state index in [2.05, 4.69) is 20.8 Å². The monoisotopic (exact) mass is 336 g/mol. The summed E-state index contributed by atoms with van der Waals surface area (Å²) in [6.07, 6.45) is 5.98. The summed E-state index contributed by atoms with van der Waals surface area (Å²) in [6.45, 7) is 9.94. The quantitative estimate of drug-likeness (QED) is 0.383. The molecule has 0 aliphatic carbocycles. The molecule has 0 aliphatic rings. The van der Waals surface area contributed by atoms with Crippen LogP contribution in [0.25, 0.3) is 0 Å². The Balaban J connectivity index is 2.93. The Labute approximate surface area is 146 Å². The average molecular weight is 336 g/mol. The Morgan fingerprint density at radius 3 is 2.08 bits per heavy atom. The van der Waals surface area contributed by atoms with Gasteiger partial charge in [-0.3, -0.25) is 0 Å². The fourth-order valence-corrected chi connectivity index (χ4v) is 2.21. The second-order valence-corrected chi connectivity index (χ2v) is 5.96. The van der Waals surface area contributed by atoms with E-state index >= 15 is 0 Å². The van der Waals surface area contributed by atoms with Gasteiger partial charge in [-0.1, -0.05) is 40.0 Å². The molecule has 1 rings (SSSR count). The third-order valence-electron chi connectivity index (χ3n) is 3.82. The van der Waals surface area contributed by atoms with Gasteiger partial charge in [0.1, 0.15) is 0 Å². The average Bonchev–Trinajstić information content (AvgIpc) is 2.57. The number of benzene rings is 1. The lowest BCUT2D eigenvalue weighted by Gasteiger charge is -2.17. The van der Waals surface area contributed by atoms with E-state index in [1.165, 1.54) is 0 Å². The van der Waals surface area contributed by atoms with Crippen LogP contribution >= 0.6 is 0 Å². The molecular formula is C20H32O4. The molecule has 0 aromatic heterocycles. The van der Waals surface area contributed by atoms with Crippen LogP contribution < -0.4 is 9.47 Å². The van der Waals surface area contributed by atoms with Crippen molar-refractivity contribution in [1.82, 2.24) is 0 Å². The summed E-state index contributed by atoms with van der Waals surface area (Å²) in [5.41, 5.74) is 1.35. The summed E-state index contributed by atoms with van der Waals surface area (Å²) in [4.78, 5) is 12.3. The van der Waals surface area contributed by atoms with Crippen molar-refractivity contribution in [3.8, 4) is 11.5 Å². The highest BCUT2D eigenvalue weighted by Gasteiger charge is 2.18. The van der Waals surface area contributed by atoms with Crippen molar-refractivity contribution in [1.29, 1.82) is 0 Å². The van der Waals surface area contributed by atoms with Gasteiger partial charge in [0, 0.05) is 5.56 Å². The molecule has 0 amide bonds. The largest absolute Gasteiger partial charge is 0.490 e. The molecule has 0 fully saturated rings. The molecule has 0 aliphatic heterocycles. The predicted octanol–water partition coefficient (Wildman–Crippen LogP) is 5.31. The van der Waals surface area contributed by atoms with Gasteiger partial charge in [0.2, 0.25) is 0 Å². The number of esters is 1. The van der Waals surface area contributed by atoms with Crippen molar-refractivity contribution in [2.45, 2.75) is 66.2 Å². The second kappa shape index (κ2) is 11.8. The van der Waals surface area contributed by atoms with Crippen molar-refractivity contribution < 1.29 is 19.0 Å². The van der Waals surface area contributed by atoms with Gasteiger partial charge in [-0.05, 0) is 38.3 Å². The molecule has 1 aromatic rings. The number of unbranched alkanes of at least 4 members (excludes halogenated alkanes) is 3. The minimum Gasteiger partial charge on any atom is -0.490 e. The van der Waals surface area contributed by atoms with E-state index in [9.17, 15) is 4.79 Å². The van der Waals surface area contributed by atoms with Gasteiger partial charge in [-0.2, -0.15) is 0 Å². The summed E-state index contributed by atoms with van der Waals surface area (Å²) in [6, 6.07) is 3.60. The van der Waals surface area contributed by atoms with Gasteiger partial charge in [0.25, 0.3) is 0 Å². The van der Waals surface area contributed by atoms with E-state index in [4.69, 9.17) is 14.2 Å². The van der Waals surface area contributed by atoms with E-state index in [1.54, 1.807) is 6.07 Å². The molecule has 0 bridgehead atoms. The third-order valence-corrected chi connectivity index (χ3v) is 3.82. The minimum absolute atomic E-state index is 0.290. The minimum atomic E-state index is -0.290. The lowest BCUT2D eigenvalue weighted by Crippen LogP contribution is -2.11. The van der Waals surface area contributed by atoms with Crippen LogP contribution in [0.3, 0.4) is 0 Å². The van der Waals surface area contributed by atoms with Crippen LogP contribution in [0.5, 0.6) is 11.5 Å². The standard InChI is InChI=1S/C20H32O4/c1-5-8-13-22-18-12-11-17(20(21)24-15-10-7-3)16(4)19(18)23-14-9-6-2/h11-12H,5-10,13-15H2,1-4H3. The van der Waals surface area contributed by atoms with Crippen LogP contribution in [-0.4, -0.2) is 25.8 Å². The van der Waals surface area contributed by atoms with E-state index in [0.717, 1.165) is 44.1 Å². The number of carbonyl (C=O) groups excluding carboxylic acids is 1. The van der Waals surface area contributed by atoms with Crippen LogP contribution in [0.4, 0.5) is 0 Å². The zero-order chi connectivity index (χ0) is 17.8. The Bertz CT molecular complexity index is 497. The summed E-state index contributed by atoms with van der Waals surface area (Å²) in [5.74, 6) is 1.09.